The summed E-state index contributed by atoms with van der Waals surface area (Å²) in [6, 6.07) is 13.0. The molecule has 1 amide bonds. The minimum absolute atomic E-state index is 0.0288. The van der Waals surface area contributed by atoms with Gasteiger partial charge in [0.2, 0.25) is 5.91 Å². The predicted molar refractivity (Wildman–Crippen MR) is 101 cm³/mol. The molecule has 2 aromatic rings. The minimum atomic E-state index is -0.396. The van der Waals surface area contributed by atoms with Crippen LogP contribution < -0.4 is 5.32 Å². The minimum Gasteiger partial charge on any atom is -0.320 e. The van der Waals surface area contributed by atoms with Crippen LogP contribution >= 0.6 is 34.7 Å². The summed E-state index contributed by atoms with van der Waals surface area (Å²) in [5.74, 6) is -0.447. The molecule has 4 nitrogen and oxygen atoms in total. The quantitative estimate of drug-likeness (QED) is 0.772. The van der Waals surface area contributed by atoms with Crippen LogP contribution in [0.4, 0.5) is 0 Å². The number of hydrogen-bond acceptors (Lipinski definition) is 5. The van der Waals surface area contributed by atoms with Gasteiger partial charge in [0.05, 0.1) is 27.3 Å². The summed E-state index contributed by atoms with van der Waals surface area (Å²) in [6.07, 6.45) is 0.162. The Bertz CT molecular complexity index is 885. The Morgan fingerprint density at radius 1 is 1.36 bits per heavy atom. The second-order valence-corrected chi connectivity index (χ2v) is 7.71. The molecule has 0 bridgehead atoms. The third-order valence-corrected chi connectivity index (χ3v) is 6.05. The lowest BCUT2D eigenvalue weighted by Crippen LogP contribution is -2.31. The number of nitrogens with one attached hydrogen (secondary N) is 1. The Balaban J connectivity index is 1.87. The standard InChI is InChI=1S/C18H13ClN2O2S2/c19-14-5-2-1-4-11(14)12-8-17(23)21-18(13(12)9-20)25-10-15(22)16-6-3-7-24-16/h1-7,12H,8,10H2,(H,21,23)/t12-/m0/s1. The van der Waals surface area contributed by atoms with E-state index in [1.165, 1.54) is 23.1 Å². The number of carbonyl (C=O) groups excluding carboxylic acids is 2. The van der Waals surface area contributed by atoms with E-state index in [9.17, 15) is 14.9 Å². The predicted octanol–water partition coefficient (Wildman–Crippen LogP) is 4.36. The highest BCUT2D eigenvalue weighted by molar-refractivity contribution is 8.03. The number of hydrogen-bond donors (Lipinski definition) is 1. The maximum atomic E-state index is 12.2. The first-order valence-corrected chi connectivity index (χ1v) is 9.72. The van der Waals surface area contributed by atoms with Crippen LogP contribution in [0.1, 0.15) is 27.6 Å². The Kier molecular flexibility index (Phi) is 5.59. The van der Waals surface area contributed by atoms with Crippen molar-refractivity contribution in [3.8, 4) is 6.07 Å². The number of ketones is 1. The average molecular weight is 389 g/mol. The van der Waals surface area contributed by atoms with Gasteiger partial charge in [0, 0.05) is 17.4 Å². The summed E-state index contributed by atoms with van der Waals surface area (Å²) < 4.78 is 0. The maximum Gasteiger partial charge on any atom is 0.225 e. The normalized spacial score (nSPS) is 17.1. The molecule has 25 heavy (non-hydrogen) atoms. The molecule has 0 fully saturated rings. The SMILES string of the molecule is N#CC1=C(SCC(=O)c2cccs2)NC(=O)C[C@H]1c1ccccc1Cl. The molecule has 1 atom stereocenters. The fraction of sp³-hybridized carbons (Fsp3) is 0.167. The Morgan fingerprint density at radius 3 is 2.84 bits per heavy atom. The molecule has 0 radical (unpaired) electrons. The smallest absolute Gasteiger partial charge is 0.225 e. The number of carbonyl (C=O) groups is 2. The lowest BCUT2D eigenvalue weighted by Gasteiger charge is -2.25. The van der Waals surface area contributed by atoms with E-state index >= 15 is 0 Å². The van der Waals surface area contributed by atoms with Gasteiger partial charge in [0.15, 0.2) is 5.78 Å². The van der Waals surface area contributed by atoms with Crippen LogP contribution in [-0.2, 0) is 4.79 Å². The molecular formula is C18H13ClN2O2S2. The largest absolute Gasteiger partial charge is 0.320 e. The molecule has 1 aliphatic rings. The fourth-order valence-corrected chi connectivity index (χ4v) is 4.59. The first kappa shape index (κ1) is 17.7. The molecule has 0 unspecified atom stereocenters. The van der Waals surface area contributed by atoms with Crippen LogP contribution in [0.25, 0.3) is 0 Å². The average Bonchev–Trinajstić information content (AvgIpc) is 3.14. The molecule has 0 saturated heterocycles. The Morgan fingerprint density at radius 2 is 2.16 bits per heavy atom. The van der Waals surface area contributed by atoms with Gasteiger partial charge in [-0.05, 0) is 23.1 Å². The molecule has 3 rings (SSSR count). The van der Waals surface area contributed by atoms with Crippen molar-refractivity contribution in [2.45, 2.75) is 12.3 Å². The number of thiophene rings is 1. The van der Waals surface area contributed by atoms with E-state index in [4.69, 9.17) is 11.6 Å². The zero-order valence-corrected chi connectivity index (χ0v) is 15.4. The molecule has 2 heterocycles. The lowest BCUT2D eigenvalue weighted by atomic mass is 9.87. The highest BCUT2D eigenvalue weighted by Gasteiger charge is 2.31. The second kappa shape index (κ2) is 7.87. The monoisotopic (exact) mass is 388 g/mol. The van der Waals surface area contributed by atoms with Gasteiger partial charge in [-0.2, -0.15) is 5.26 Å². The van der Waals surface area contributed by atoms with Crippen molar-refractivity contribution >= 4 is 46.4 Å². The van der Waals surface area contributed by atoms with Gasteiger partial charge in [0.1, 0.15) is 0 Å². The van der Waals surface area contributed by atoms with Crippen molar-refractivity contribution in [3.05, 3.63) is 67.8 Å². The van der Waals surface area contributed by atoms with E-state index in [0.29, 0.717) is 20.5 Å². The zero-order valence-electron chi connectivity index (χ0n) is 13.0. The van der Waals surface area contributed by atoms with E-state index in [-0.39, 0.29) is 23.9 Å². The van der Waals surface area contributed by atoms with Crippen molar-refractivity contribution < 1.29 is 9.59 Å². The van der Waals surface area contributed by atoms with Crippen LogP contribution in [0.3, 0.4) is 0 Å². The number of nitrogens with zero attached hydrogens (tertiary/aromatic N) is 1. The number of thioether (sulfide) groups is 1. The first-order valence-electron chi connectivity index (χ1n) is 7.48. The second-order valence-electron chi connectivity index (χ2n) is 5.37. The Labute approximate surface area is 158 Å². The highest BCUT2D eigenvalue weighted by Crippen LogP contribution is 2.38. The van der Waals surface area contributed by atoms with Crippen molar-refractivity contribution in [3.63, 3.8) is 0 Å². The topological polar surface area (TPSA) is 70.0 Å². The molecule has 7 heteroatoms. The van der Waals surface area contributed by atoms with E-state index in [1.54, 1.807) is 18.2 Å². The van der Waals surface area contributed by atoms with Crippen LogP contribution in [0.5, 0.6) is 0 Å². The summed E-state index contributed by atoms with van der Waals surface area (Å²) in [4.78, 5) is 25.0. The lowest BCUT2D eigenvalue weighted by molar-refractivity contribution is -0.120. The van der Waals surface area contributed by atoms with E-state index in [1.807, 2.05) is 23.6 Å². The summed E-state index contributed by atoms with van der Waals surface area (Å²) >= 11 is 8.81. The maximum absolute atomic E-state index is 12.2. The number of halogens is 1. The number of Topliss-reactive ketones (excluding diaryl/α,β-unsaturated/α-hetero) is 1. The van der Waals surface area contributed by atoms with Crippen LogP contribution in [0.15, 0.2) is 52.4 Å². The number of benzene rings is 1. The van der Waals surface area contributed by atoms with Crippen LogP contribution in [-0.4, -0.2) is 17.4 Å². The van der Waals surface area contributed by atoms with Crippen LogP contribution in [0.2, 0.25) is 5.02 Å². The zero-order chi connectivity index (χ0) is 17.8. The molecule has 1 N–H and O–H groups in total. The van der Waals surface area contributed by atoms with Crippen molar-refractivity contribution in [2.24, 2.45) is 0 Å². The fourth-order valence-electron chi connectivity index (χ4n) is 2.60. The number of rotatable bonds is 5. The molecule has 1 aromatic carbocycles. The van der Waals surface area contributed by atoms with Gasteiger partial charge in [-0.3, -0.25) is 9.59 Å². The van der Waals surface area contributed by atoms with Crippen LogP contribution in [0, 0.1) is 11.3 Å². The van der Waals surface area contributed by atoms with Crippen molar-refractivity contribution in [1.29, 1.82) is 5.26 Å². The molecular weight excluding hydrogens is 376 g/mol. The van der Waals surface area contributed by atoms with Gasteiger partial charge in [-0.15, -0.1) is 11.3 Å². The number of nitriles is 1. The Hall–Kier alpha value is -2.07. The number of allylic oxidation sites excluding steroid dienone is 1. The van der Waals surface area contributed by atoms with Gasteiger partial charge in [-0.1, -0.05) is 47.6 Å². The third-order valence-electron chi connectivity index (χ3n) is 3.78. The van der Waals surface area contributed by atoms with E-state index in [0.717, 1.165) is 5.56 Å². The highest BCUT2D eigenvalue weighted by atomic mass is 35.5. The van der Waals surface area contributed by atoms with Crippen molar-refractivity contribution in [2.75, 3.05) is 5.75 Å². The number of amides is 1. The van der Waals surface area contributed by atoms with Gasteiger partial charge >= 0.3 is 0 Å². The van der Waals surface area contributed by atoms with Gasteiger partial charge in [-0.25, -0.2) is 0 Å². The van der Waals surface area contributed by atoms with Gasteiger partial charge < -0.3 is 5.32 Å². The van der Waals surface area contributed by atoms with Crippen molar-refractivity contribution in [1.82, 2.24) is 5.32 Å². The molecule has 0 aliphatic carbocycles. The first-order chi connectivity index (χ1) is 12.1. The third kappa shape index (κ3) is 3.96. The van der Waals surface area contributed by atoms with Gasteiger partial charge in [0.25, 0.3) is 0 Å². The molecule has 1 aromatic heterocycles. The molecule has 1 aliphatic heterocycles. The van der Waals surface area contributed by atoms with E-state index in [2.05, 4.69) is 11.4 Å². The molecule has 126 valence electrons. The summed E-state index contributed by atoms with van der Waals surface area (Å²) in [7, 11) is 0. The summed E-state index contributed by atoms with van der Waals surface area (Å²) in [5, 5.41) is 15.1. The summed E-state index contributed by atoms with van der Waals surface area (Å²) in [6.45, 7) is 0. The molecule has 0 saturated carbocycles. The summed E-state index contributed by atoms with van der Waals surface area (Å²) in [5.41, 5.74) is 1.19. The molecule has 0 spiro atoms. The van der Waals surface area contributed by atoms with E-state index < -0.39 is 5.92 Å².